The third-order valence-electron chi connectivity index (χ3n) is 9.53. The molecule has 2 aliphatic rings. The summed E-state index contributed by atoms with van der Waals surface area (Å²) in [5.41, 5.74) is 6.07. The highest BCUT2D eigenvalue weighted by molar-refractivity contribution is 7.92. The number of nitrogens with two attached hydrogens (primary N) is 1. The second-order valence-electron chi connectivity index (χ2n) is 13.3. The van der Waals surface area contributed by atoms with Crippen LogP contribution in [-0.4, -0.2) is 61.1 Å². The second kappa shape index (κ2) is 14.8. The van der Waals surface area contributed by atoms with Crippen molar-refractivity contribution in [2.24, 2.45) is 29.6 Å². The average molecular weight is 801 g/mol. The van der Waals surface area contributed by atoms with Crippen LogP contribution in [0.3, 0.4) is 0 Å². The van der Waals surface area contributed by atoms with Gasteiger partial charge >= 0.3 is 0 Å². The van der Waals surface area contributed by atoms with Crippen LogP contribution in [0.25, 0.3) is 33.2 Å². The SMILES string of the molecule is Cn1nc(N[S+](C)[O-])c2c(Cl)ccc(-c3cc(-c4cccnc4)cnc3C(Cc3cc(F)cc(F)c3)NC(=O)CN=C3C(=C(N)C(F)F)C4C[C@H]4C3(F)F)c21. The smallest absolute Gasteiger partial charge is 0.292 e. The van der Waals surface area contributed by atoms with Gasteiger partial charge in [-0.25, -0.2) is 17.6 Å². The highest BCUT2D eigenvalue weighted by Gasteiger charge is 2.67. The van der Waals surface area contributed by atoms with Gasteiger partial charge in [0.05, 0.1) is 44.7 Å². The number of hydrogen-bond acceptors (Lipinski definition) is 8. The minimum Gasteiger partial charge on any atom is -0.593 e. The highest BCUT2D eigenvalue weighted by Crippen LogP contribution is 2.62. The molecule has 3 aromatic heterocycles. The zero-order chi connectivity index (χ0) is 39.3. The van der Waals surface area contributed by atoms with Crippen LogP contribution < -0.4 is 15.8 Å². The molecule has 3 unspecified atom stereocenters. The molecule has 2 saturated carbocycles. The number of carbonyl (C=O) groups excluding carboxylic acids is 1. The Kier molecular flexibility index (Phi) is 10.3. The first-order valence-corrected chi connectivity index (χ1v) is 18.7. The van der Waals surface area contributed by atoms with E-state index in [0.29, 0.717) is 39.2 Å². The Bertz CT molecular complexity index is 2350. The van der Waals surface area contributed by atoms with Gasteiger partial charge < -0.3 is 15.6 Å². The molecule has 2 aliphatic carbocycles. The maximum absolute atomic E-state index is 15.2. The molecule has 3 heterocycles. The van der Waals surface area contributed by atoms with Gasteiger partial charge in [-0.3, -0.25) is 24.4 Å². The summed E-state index contributed by atoms with van der Waals surface area (Å²) >= 11 is 5.13. The summed E-state index contributed by atoms with van der Waals surface area (Å²) < 4.78 is 103. The van der Waals surface area contributed by atoms with Gasteiger partial charge in [0.1, 0.15) is 30.1 Å². The van der Waals surface area contributed by atoms with Crippen molar-refractivity contribution in [3.05, 3.63) is 106 Å². The minimum absolute atomic E-state index is 0.0286. The van der Waals surface area contributed by atoms with Crippen LogP contribution in [0.1, 0.15) is 23.7 Å². The molecule has 2 aromatic carbocycles. The molecule has 10 nitrogen and oxygen atoms in total. The van der Waals surface area contributed by atoms with Crippen molar-refractivity contribution >= 4 is 51.3 Å². The van der Waals surface area contributed by atoms with E-state index >= 15 is 8.78 Å². The van der Waals surface area contributed by atoms with Crippen LogP contribution in [0.2, 0.25) is 5.02 Å². The molecule has 4 N–H and O–H groups in total. The van der Waals surface area contributed by atoms with Gasteiger partial charge in [-0.15, -0.1) is 0 Å². The van der Waals surface area contributed by atoms with E-state index in [0.717, 1.165) is 12.1 Å². The number of hydrogen-bond donors (Lipinski definition) is 3. The Morgan fingerprint density at radius 3 is 2.55 bits per heavy atom. The third-order valence-corrected chi connectivity index (χ3v) is 10.3. The van der Waals surface area contributed by atoms with E-state index in [4.69, 9.17) is 22.3 Å². The molecule has 0 aliphatic heterocycles. The van der Waals surface area contributed by atoms with Crippen molar-refractivity contribution in [1.29, 1.82) is 0 Å². The van der Waals surface area contributed by atoms with Gasteiger partial charge in [-0.2, -0.15) is 18.6 Å². The molecule has 286 valence electrons. The first kappa shape index (κ1) is 38.2. The van der Waals surface area contributed by atoms with E-state index in [-0.39, 0.29) is 34.9 Å². The Labute approximate surface area is 318 Å². The molecule has 0 bridgehead atoms. The Balaban J connectivity index is 1.36. The summed E-state index contributed by atoms with van der Waals surface area (Å²) in [7, 11) is 1.64. The molecule has 2 fully saturated rings. The molecule has 0 spiro atoms. The lowest BCUT2D eigenvalue weighted by Crippen LogP contribution is -2.35. The van der Waals surface area contributed by atoms with Gasteiger partial charge in [0.2, 0.25) is 11.7 Å². The Morgan fingerprint density at radius 2 is 1.87 bits per heavy atom. The molecule has 55 heavy (non-hydrogen) atoms. The van der Waals surface area contributed by atoms with Crippen molar-refractivity contribution in [2.45, 2.75) is 31.2 Å². The number of amides is 1. The lowest BCUT2D eigenvalue weighted by atomic mass is 9.92. The minimum atomic E-state index is -3.57. The van der Waals surface area contributed by atoms with Crippen LogP contribution >= 0.6 is 11.6 Å². The lowest BCUT2D eigenvalue weighted by Gasteiger charge is -2.23. The van der Waals surface area contributed by atoms with Crippen LogP contribution in [0.4, 0.5) is 32.2 Å². The van der Waals surface area contributed by atoms with Crippen LogP contribution in [0, 0.1) is 23.5 Å². The Hall–Kier alpha value is -5.13. The van der Waals surface area contributed by atoms with Gasteiger partial charge in [0.15, 0.2) is 0 Å². The number of pyridine rings is 2. The fraction of sp³-hybridized carbons (Fsp3) is 0.270. The van der Waals surface area contributed by atoms with E-state index in [1.165, 1.54) is 17.1 Å². The maximum Gasteiger partial charge on any atom is 0.292 e. The summed E-state index contributed by atoms with van der Waals surface area (Å²) in [5, 5.41) is 7.91. The summed E-state index contributed by atoms with van der Waals surface area (Å²) in [6.45, 7) is -0.905. The maximum atomic E-state index is 15.2. The average Bonchev–Trinajstić information content (AvgIpc) is 3.82. The van der Waals surface area contributed by atoms with E-state index < -0.39 is 82.7 Å². The number of allylic oxidation sites excluding steroid dienone is 2. The van der Waals surface area contributed by atoms with Gasteiger partial charge in [-0.1, -0.05) is 23.7 Å². The largest absolute Gasteiger partial charge is 0.593 e. The van der Waals surface area contributed by atoms with Gasteiger partial charge in [0.25, 0.3) is 12.3 Å². The summed E-state index contributed by atoms with van der Waals surface area (Å²) in [4.78, 5) is 26.4. The number of benzene rings is 2. The molecular weight excluding hydrogens is 770 g/mol. The number of halogens is 7. The Morgan fingerprint density at radius 1 is 1.13 bits per heavy atom. The normalized spacial score (nSPS) is 20.1. The number of nitrogens with one attached hydrogen (secondary N) is 2. The van der Waals surface area contributed by atoms with Crippen molar-refractivity contribution in [3.8, 4) is 22.3 Å². The monoisotopic (exact) mass is 800 g/mol. The summed E-state index contributed by atoms with van der Waals surface area (Å²) in [6.07, 6.45) is 2.67. The van der Waals surface area contributed by atoms with Crippen molar-refractivity contribution < 1.29 is 35.7 Å². The predicted octanol–water partition coefficient (Wildman–Crippen LogP) is 6.94. The molecule has 4 atom stereocenters. The summed E-state index contributed by atoms with van der Waals surface area (Å²) in [6, 6.07) is 10.2. The number of aromatic nitrogens is 4. The van der Waals surface area contributed by atoms with Gasteiger partial charge in [0, 0.05) is 65.4 Å². The van der Waals surface area contributed by atoms with Crippen LogP contribution in [0.15, 0.2) is 83.4 Å². The molecule has 18 heteroatoms. The van der Waals surface area contributed by atoms with Crippen molar-refractivity contribution in [3.63, 3.8) is 0 Å². The molecule has 5 aromatic rings. The molecule has 1 amide bonds. The zero-order valence-electron chi connectivity index (χ0n) is 29.0. The molecule has 0 saturated heterocycles. The highest BCUT2D eigenvalue weighted by atomic mass is 35.5. The molecular formula is C37H31ClF6N8O2S. The third kappa shape index (κ3) is 7.47. The number of carbonyl (C=O) groups is 1. The van der Waals surface area contributed by atoms with Crippen molar-refractivity contribution in [2.75, 3.05) is 17.5 Å². The number of aryl methyl sites for hydroxylation is 1. The van der Waals surface area contributed by atoms with E-state index in [2.05, 4.69) is 25.1 Å². The molecule has 0 radical (unpaired) electrons. The number of aliphatic imine (C=N–C) groups is 1. The standard InChI is InChI=1S/C37H31ClF6N8O2S/c1-52-33-22(5-6-26(38)30(33)36(50-52)51-55(2)54)23-11-19(18-4-3-7-46-14-18)15-47-32(23)27(10-17-8-20(39)12-21(40)9-17)49-28(53)16-48-34-29(31(45)35(41)42)24-13-25(24)37(34,43)44/h3-9,11-12,14-15,24-25,27,35H,10,13,16,45H2,1-2H3,(H,49,53)(H,50,51)/t24?,25-,27?,55?/m1/s1. The quantitative estimate of drug-likeness (QED) is 0.0970. The number of alkyl halides is 4. The van der Waals surface area contributed by atoms with E-state index in [1.807, 2.05) is 0 Å². The van der Waals surface area contributed by atoms with E-state index in [9.17, 15) is 26.9 Å². The predicted molar refractivity (Wildman–Crippen MR) is 197 cm³/mol. The fourth-order valence-electron chi connectivity index (χ4n) is 7.14. The van der Waals surface area contributed by atoms with E-state index in [1.54, 1.807) is 49.8 Å². The number of fused-ring (bicyclic) bond motifs is 2. The second-order valence-corrected chi connectivity index (χ2v) is 14.8. The van der Waals surface area contributed by atoms with Crippen LogP contribution in [-0.2, 0) is 29.6 Å². The lowest BCUT2D eigenvalue weighted by molar-refractivity contribution is -0.120. The molecule has 7 rings (SSSR count). The topological polar surface area (TPSA) is 146 Å². The fourth-order valence-corrected chi connectivity index (χ4v) is 7.80. The number of rotatable bonds is 11. The first-order chi connectivity index (χ1) is 26.1. The van der Waals surface area contributed by atoms with Crippen molar-refractivity contribution in [1.82, 2.24) is 25.1 Å². The van der Waals surface area contributed by atoms with Gasteiger partial charge in [-0.05, 0) is 54.7 Å². The zero-order valence-corrected chi connectivity index (χ0v) is 30.5. The number of nitrogens with zero attached hydrogens (tertiary/aromatic N) is 5. The van der Waals surface area contributed by atoms with Crippen LogP contribution in [0.5, 0.6) is 0 Å². The first-order valence-electron chi connectivity index (χ1n) is 16.7. The number of anilines is 1. The summed E-state index contributed by atoms with van der Waals surface area (Å²) in [5.74, 6) is -8.15.